The zero-order valence-corrected chi connectivity index (χ0v) is 10.5. The van der Waals surface area contributed by atoms with Crippen LogP contribution in [0.3, 0.4) is 0 Å². The van der Waals surface area contributed by atoms with Crippen molar-refractivity contribution in [1.29, 1.82) is 5.26 Å². The van der Waals surface area contributed by atoms with E-state index in [1.54, 1.807) is 19.1 Å². The van der Waals surface area contributed by atoms with E-state index >= 15 is 0 Å². The zero-order valence-electron chi connectivity index (χ0n) is 8.91. The van der Waals surface area contributed by atoms with Gasteiger partial charge >= 0.3 is 5.97 Å². The Hall–Kier alpha value is -1.54. The van der Waals surface area contributed by atoms with E-state index in [-0.39, 0.29) is 5.56 Å². The van der Waals surface area contributed by atoms with Crippen LogP contribution in [0, 0.1) is 11.3 Å². The predicted octanol–water partition coefficient (Wildman–Crippen LogP) is 2.51. The number of nitriles is 1. The number of esters is 1. The summed E-state index contributed by atoms with van der Waals surface area (Å²) >= 11 is 3.20. The van der Waals surface area contributed by atoms with Crippen molar-refractivity contribution >= 4 is 21.9 Å². The SMILES string of the molecule is CCOC(=O)c1ccc(OC)c(C#N)c1Br. The summed E-state index contributed by atoms with van der Waals surface area (Å²) in [6.07, 6.45) is 0. The quantitative estimate of drug-likeness (QED) is 0.800. The molecule has 84 valence electrons. The van der Waals surface area contributed by atoms with Gasteiger partial charge in [-0.05, 0) is 35.0 Å². The Kier molecular flexibility index (Phi) is 4.32. The summed E-state index contributed by atoms with van der Waals surface area (Å²) in [6.45, 7) is 2.01. The third-order valence-corrected chi connectivity index (χ3v) is 2.75. The number of hydrogen-bond acceptors (Lipinski definition) is 4. The molecule has 0 aromatic heterocycles. The summed E-state index contributed by atoms with van der Waals surface area (Å²) < 4.78 is 10.3. The first-order chi connectivity index (χ1) is 7.65. The maximum absolute atomic E-state index is 11.5. The zero-order chi connectivity index (χ0) is 12.1. The molecule has 0 aliphatic rings. The summed E-state index contributed by atoms with van der Waals surface area (Å²) in [6, 6.07) is 5.09. The van der Waals surface area contributed by atoms with Crippen LogP contribution >= 0.6 is 15.9 Å². The van der Waals surface area contributed by atoms with E-state index in [1.807, 2.05) is 6.07 Å². The molecule has 16 heavy (non-hydrogen) atoms. The normalized spacial score (nSPS) is 9.38. The standard InChI is InChI=1S/C11H10BrNO3/c1-3-16-11(14)7-4-5-9(15-2)8(6-13)10(7)12/h4-5H,3H2,1-2H3. The largest absolute Gasteiger partial charge is 0.495 e. The van der Waals surface area contributed by atoms with E-state index in [4.69, 9.17) is 14.7 Å². The van der Waals surface area contributed by atoms with Gasteiger partial charge in [-0.1, -0.05) is 0 Å². The molecule has 0 saturated heterocycles. The molecule has 0 aliphatic carbocycles. The Morgan fingerprint density at radius 2 is 2.25 bits per heavy atom. The molecule has 0 N–H and O–H groups in total. The van der Waals surface area contributed by atoms with Gasteiger partial charge in [-0.2, -0.15) is 5.26 Å². The van der Waals surface area contributed by atoms with Crippen molar-refractivity contribution in [2.75, 3.05) is 13.7 Å². The lowest BCUT2D eigenvalue weighted by atomic mass is 10.1. The highest BCUT2D eigenvalue weighted by Crippen LogP contribution is 2.29. The Bertz CT molecular complexity index is 451. The molecule has 0 atom stereocenters. The lowest BCUT2D eigenvalue weighted by Gasteiger charge is -2.08. The van der Waals surface area contributed by atoms with E-state index in [1.165, 1.54) is 7.11 Å². The van der Waals surface area contributed by atoms with Crippen molar-refractivity contribution in [3.8, 4) is 11.8 Å². The van der Waals surface area contributed by atoms with Crippen molar-refractivity contribution in [3.05, 3.63) is 27.7 Å². The van der Waals surface area contributed by atoms with E-state index < -0.39 is 5.97 Å². The first-order valence-corrected chi connectivity index (χ1v) is 5.38. The van der Waals surface area contributed by atoms with Crippen molar-refractivity contribution < 1.29 is 14.3 Å². The van der Waals surface area contributed by atoms with Crippen LogP contribution in [0.25, 0.3) is 0 Å². The predicted molar refractivity (Wildman–Crippen MR) is 61.4 cm³/mol. The minimum absolute atomic E-state index is 0.285. The van der Waals surface area contributed by atoms with Crippen molar-refractivity contribution in [2.45, 2.75) is 6.92 Å². The monoisotopic (exact) mass is 283 g/mol. The van der Waals surface area contributed by atoms with Gasteiger partial charge < -0.3 is 9.47 Å². The lowest BCUT2D eigenvalue weighted by Crippen LogP contribution is -2.06. The molecule has 0 unspecified atom stereocenters. The number of carbonyl (C=O) groups excluding carboxylic acids is 1. The molecule has 0 fully saturated rings. The number of halogens is 1. The summed E-state index contributed by atoms with van der Waals surface area (Å²) in [5, 5.41) is 8.95. The van der Waals surface area contributed by atoms with Crippen molar-refractivity contribution in [2.24, 2.45) is 0 Å². The van der Waals surface area contributed by atoms with Gasteiger partial charge in [-0.25, -0.2) is 4.79 Å². The minimum Gasteiger partial charge on any atom is -0.495 e. The van der Waals surface area contributed by atoms with Gasteiger partial charge in [-0.3, -0.25) is 0 Å². The smallest absolute Gasteiger partial charge is 0.339 e. The Labute approximate surface area is 102 Å². The minimum atomic E-state index is -0.464. The Morgan fingerprint density at radius 3 is 2.75 bits per heavy atom. The van der Waals surface area contributed by atoms with Crippen LogP contribution in [0.5, 0.6) is 5.75 Å². The van der Waals surface area contributed by atoms with Gasteiger partial charge in [0.15, 0.2) is 0 Å². The average molecular weight is 284 g/mol. The van der Waals surface area contributed by atoms with Crippen molar-refractivity contribution in [1.82, 2.24) is 0 Å². The second-order valence-corrected chi connectivity index (χ2v) is 3.63. The second-order valence-electron chi connectivity index (χ2n) is 2.84. The molecule has 5 heteroatoms. The first-order valence-electron chi connectivity index (χ1n) is 4.59. The number of hydrogen-bond donors (Lipinski definition) is 0. The third-order valence-electron chi connectivity index (χ3n) is 1.93. The van der Waals surface area contributed by atoms with E-state index in [2.05, 4.69) is 15.9 Å². The number of rotatable bonds is 3. The molecule has 0 heterocycles. The van der Waals surface area contributed by atoms with Gasteiger partial charge in [0.05, 0.1) is 23.8 Å². The highest BCUT2D eigenvalue weighted by atomic mass is 79.9. The third kappa shape index (κ3) is 2.34. The van der Waals surface area contributed by atoms with E-state index in [0.717, 1.165) is 0 Å². The number of methoxy groups -OCH3 is 1. The Balaban J connectivity index is 3.25. The number of carbonyl (C=O) groups is 1. The average Bonchev–Trinajstić information content (AvgIpc) is 2.28. The molecule has 0 bridgehead atoms. The van der Waals surface area contributed by atoms with Crippen molar-refractivity contribution in [3.63, 3.8) is 0 Å². The molecule has 0 saturated carbocycles. The maximum Gasteiger partial charge on any atom is 0.339 e. The van der Waals surface area contributed by atoms with Crippen LogP contribution in [0.2, 0.25) is 0 Å². The molecule has 0 spiro atoms. The lowest BCUT2D eigenvalue weighted by molar-refractivity contribution is 0.0525. The summed E-state index contributed by atoms with van der Waals surface area (Å²) in [5.41, 5.74) is 0.604. The van der Waals surface area contributed by atoms with Crippen LogP contribution in [0.1, 0.15) is 22.8 Å². The van der Waals surface area contributed by atoms with Gasteiger partial charge in [0.1, 0.15) is 17.4 Å². The molecule has 1 aromatic carbocycles. The molecule has 0 aliphatic heterocycles. The number of nitrogens with zero attached hydrogens (tertiary/aromatic N) is 1. The van der Waals surface area contributed by atoms with Gasteiger partial charge in [0.2, 0.25) is 0 Å². The fourth-order valence-corrected chi connectivity index (χ4v) is 1.78. The second kappa shape index (κ2) is 5.52. The summed E-state index contributed by atoms with van der Waals surface area (Å²) in [5.74, 6) is -0.0454. The van der Waals surface area contributed by atoms with Crippen LogP contribution in [0.4, 0.5) is 0 Å². The molecular formula is C11H10BrNO3. The highest BCUT2D eigenvalue weighted by molar-refractivity contribution is 9.10. The molecule has 1 rings (SSSR count). The molecular weight excluding hydrogens is 274 g/mol. The van der Waals surface area contributed by atoms with Gasteiger partial charge in [-0.15, -0.1) is 0 Å². The van der Waals surface area contributed by atoms with Gasteiger partial charge in [0.25, 0.3) is 0 Å². The van der Waals surface area contributed by atoms with Crippen LogP contribution in [-0.2, 0) is 4.74 Å². The van der Waals surface area contributed by atoms with E-state index in [0.29, 0.717) is 22.4 Å². The summed E-state index contributed by atoms with van der Waals surface area (Å²) in [7, 11) is 1.46. The highest BCUT2D eigenvalue weighted by Gasteiger charge is 2.17. The molecule has 0 amide bonds. The molecule has 4 nitrogen and oxygen atoms in total. The number of ether oxygens (including phenoxy) is 2. The van der Waals surface area contributed by atoms with Crippen LogP contribution < -0.4 is 4.74 Å². The van der Waals surface area contributed by atoms with Gasteiger partial charge in [0, 0.05) is 0 Å². The van der Waals surface area contributed by atoms with E-state index in [9.17, 15) is 4.79 Å². The summed E-state index contributed by atoms with van der Waals surface area (Å²) in [4.78, 5) is 11.5. The number of benzene rings is 1. The molecule has 1 aromatic rings. The Morgan fingerprint density at radius 1 is 1.56 bits per heavy atom. The fraction of sp³-hybridized carbons (Fsp3) is 0.273. The maximum atomic E-state index is 11.5. The van der Waals surface area contributed by atoms with Crippen LogP contribution in [-0.4, -0.2) is 19.7 Å². The fourth-order valence-electron chi connectivity index (χ4n) is 1.20. The topological polar surface area (TPSA) is 59.3 Å². The first kappa shape index (κ1) is 12.5. The molecule has 0 radical (unpaired) electrons. The van der Waals surface area contributed by atoms with Crippen LogP contribution in [0.15, 0.2) is 16.6 Å².